The van der Waals surface area contributed by atoms with Crippen LogP contribution in [0.15, 0.2) is 18.2 Å². The van der Waals surface area contributed by atoms with E-state index in [1.54, 1.807) is 14.2 Å². The predicted octanol–water partition coefficient (Wildman–Crippen LogP) is 2.28. The molecule has 0 amide bonds. The quantitative estimate of drug-likeness (QED) is 0.908. The van der Waals surface area contributed by atoms with Gasteiger partial charge in [-0.15, -0.1) is 0 Å². The summed E-state index contributed by atoms with van der Waals surface area (Å²) in [5, 5.41) is 3.56. The standard InChI is InChI=1S/C15H24N2O2/c1-11-9-16-15(2,3)10-17(11)12-6-7-13(18-4)14(8-12)19-5/h6-8,11,16H,9-10H2,1-5H3. The van der Waals surface area contributed by atoms with Gasteiger partial charge in [-0.2, -0.15) is 0 Å². The van der Waals surface area contributed by atoms with Crippen molar-refractivity contribution in [3.63, 3.8) is 0 Å². The molecular weight excluding hydrogens is 240 g/mol. The van der Waals surface area contributed by atoms with Gasteiger partial charge in [-0.05, 0) is 32.9 Å². The van der Waals surface area contributed by atoms with Crippen LogP contribution in [0.2, 0.25) is 0 Å². The van der Waals surface area contributed by atoms with Crippen molar-refractivity contribution < 1.29 is 9.47 Å². The Labute approximate surface area is 115 Å². The maximum Gasteiger partial charge on any atom is 0.162 e. The smallest absolute Gasteiger partial charge is 0.162 e. The minimum absolute atomic E-state index is 0.125. The molecule has 19 heavy (non-hydrogen) atoms. The minimum atomic E-state index is 0.125. The SMILES string of the molecule is COc1ccc(N2CC(C)(C)NCC2C)cc1OC. The Morgan fingerprint density at radius 1 is 1.21 bits per heavy atom. The lowest BCUT2D eigenvalue weighted by molar-refractivity contribution is 0.317. The Bertz CT molecular complexity index is 446. The van der Waals surface area contributed by atoms with Crippen LogP contribution in [-0.2, 0) is 0 Å². The third-order valence-electron chi connectivity index (χ3n) is 3.67. The van der Waals surface area contributed by atoms with Crippen LogP contribution in [-0.4, -0.2) is 38.9 Å². The molecule has 1 aromatic carbocycles. The van der Waals surface area contributed by atoms with E-state index >= 15 is 0 Å². The average Bonchev–Trinajstić information content (AvgIpc) is 2.40. The van der Waals surface area contributed by atoms with Gasteiger partial charge in [0.15, 0.2) is 11.5 Å². The lowest BCUT2D eigenvalue weighted by Crippen LogP contribution is -2.61. The second-order valence-electron chi connectivity index (χ2n) is 5.78. The molecular formula is C15H24N2O2. The van der Waals surface area contributed by atoms with Gasteiger partial charge in [-0.3, -0.25) is 0 Å². The van der Waals surface area contributed by atoms with Crippen molar-refractivity contribution in [3.05, 3.63) is 18.2 Å². The topological polar surface area (TPSA) is 33.7 Å². The molecule has 0 radical (unpaired) electrons. The number of piperazine rings is 1. The summed E-state index contributed by atoms with van der Waals surface area (Å²) in [6, 6.07) is 6.58. The number of benzene rings is 1. The van der Waals surface area contributed by atoms with Crippen LogP contribution < -0.4 is 19.7 Å². The molecule has 4 nitrogen and oxygen atoms in total. The summed E-state index contributed by atoms with van der Waals surface area (Å²) in [7, 11) is 3.33. The second-order valence-corrected chi connectivity index (χ2v) is 5.78. The lowest BCUT2D eigenvalue weighted by Gasteiger charge is -2.44. The number of anilines is 1. The summed E-state index contributed by atoms with van der Waals surface area (Å²) >= 11 is 0. The van der Waals surface area contributed by atoms with Crippen LogP contribution in [0.4, 0.5) is 5.69 Å². The molecule has 1 unspecified atom stereocenters. The molecule has 0 aliphatic carbocycles. The van der Waals surface area contributed by atoms with Gasteiger partial charge in [0.2, 0.25) is 0 Å². The molecule has 0 spiro atoms. The molecule has 4 heteroatoms. The fourth-order valence-corrected chi connectivity index (χ4v) is 2.52. The van der Waals surface area contributed by atoms with Crippen molar-refractivity contribution in [3.8, 4) is 11.5 Å². The fraction of sp³-hybridized carbons (Fsp3) is 0.600. The molecule has 0 bridgehead atoms. The number of hydrogen-bond acceptors (Lipinski definition) is 4. The molecule has 0 saturated carbocycles. The summed E-state index contributed by atoms with van der Waals surface area (Å²) in [5.41, 5.74) is 1.30. The molecule has 0 aromatic heterocycles. The van der Waals surface area contributed by atoms with E-state index in [0.29, 0.717) is 6.04 Å². The third kappa shape index (κ3) is 2.95. The molecule has 1 fully saturated rings. The van der Waals surface area contributed by atoms with Gasteiger partial charge in [0, 0.05) is 36.4 Å². The molecule has 1 atom stereocenters. The van der Waals surface area contributed by atoms with Crippen LogP contribution in [0.25, 0.3) is 0 Å². The summed E-state index contributed by atoms with van der Waals surface area (Å²) in [5.74, 6) is 1.55. The first-order valence-electron chi connectivity index (χ1n) is 6.70. The van der Waals surface area contributed by atoms with Crippen LogP contribution in [0.5, 0.6) is 11.5 Å². The van der Waals surface area contributed by atoms with Gasteiger partial charge in [0.1, 0.15) is 0 Å². The molecule has 1 aliphatic rings. The predicted molar refractivity (Wildman–Crippen MR) is 78.4 cm³/mol. The average molecular weight is 264 g/mol. The van der Waals surface area contributed by atoms with Crippen molar-refractivity contribution in [2.75, 3.05) is 32.2 Å². The van der Waals surface area contributed by atoms with Crippen LogP contribution >= 0.6 is 0 Å². The highest BCUT2D eigenvalue weighted by molar-refractivity contribution is 5.57. The van der Waals surface area contributed by atoms with Gasteiger partial charge < -0.3 is 19.7 Å². The first-order chi connectivity index (χ1) is 8.96. The zero-order chi connectivity index (χ0) is 14.0. The van der Waals surface area contributed by atoms with Crippen molar-refractivity contribution >= 4 is 5.69 Å². The van der Waals surface area contributed by atoms with E-state index in [0.717, 1.165) is 24.6 Å². The monoisotopic (exact) mass is 264 g/mol. The van der Waals surface area contributed by atoms with E-state index in [1.165, 1.54) is 5.69 Å². The molecule has 1 saturated heterocycles. The van der Waals surface area contributed by atoms with Gasteiger partial charge in [-0.25, -0.2) is 0 Å². The summed E-state index contributed by atoms with van der Waals surface area (Å²) in [4.78, 5) is 2.42. The first-order valence-corrected chi connectivity index (χ1v) is 6.70. The van der Waals surface area contributed by atoms with Gasteiger partial charge in [0.25, 0.3) is 0 Å². The van der Waals surface area contributed by atoms with Crippen molar-refractivity contribution in [1.82, 2.24) is 5.32 Å². The number of ether oxygens (including phenoxy) is 2. The summed E-state index contributed by atoms with van der Waals surface area (Å²) in [6.45, 7) is 8.66. The van der Waals surface area contributed by atoms with Gasteiger partial charge in [0.05, 0.1) is 14.2 Å². The number of nitrogens with zero attached hydrogens (tertiary/aromatic N) is 1. The van der Waals surface area contributed by atoms with E-state index < -0.39 is 0 Å². The number of hydrogen-bond donors (Lipinski definition) is 1. The normalized spacial score (nSPS) is 22.2. The number of methoxy groups -OCH3 is 2. The summed E-state index contributed by atoms with van der Waals surface area (Å²) in [6.07, 6.45) is 0. The van der Waals surface area contributed by atoms with E-state index in [-0.39, 0.29) is 5.54 Å². The second kappa shape index (κ2) is 5.29. The largest absolute Gasteiger partial charge is 0.493 e. The zero-order valence-corrected chi connectivity index (χ0v) is 12.5. The van der Waals surface area contributed by atoms with E-state index in [1.807, 2.05) is 6.07 Å². The fourth-order valence-electron chi connectivity index (χ4n) is 2.52. The Morgan fingerprint density at radius 3 is 2.53 bits per heavy atom. The van der Waals surface area contributed by atoms with Crippen molar-refractivity contribution in [2.45, 2.75) is 32.4 Å². The Balaban J connectivity index is 2.29. The van der Waals surface area contributed by atoms with Gasteiger partial charge >= 0.3 is 0 Å². The summed E-state index contributed by atoms with van der Waals surface area (Å²) < 4.78 is 10.7. The molecule has 1 N–H and O–H groups in total. The van der Waals surface area contributed by atoms with Crippen LogP contribution in [0.3, 0.4) is 0 Å². The number of rotatable bonds is 3. The minimum Gasteiger partial charge on any atom is -0.493 e. The lowest BCUT2D eigenvalue weighted by atomic mass is 9.98. The highest BCUT2D eigenvalue weighted by Gasteiger charge is 2.30. The van der Waals surface area contributed by atoms with Crippen molar-refractivity contribution in [1.29, 1.82) is 0 Å². The zero-order valence-electron chi connectivity index (χ0n) is 12.5. The maximum atomic E-state index is 5.39. The Kier molecular flexibility index (Phi) is 3.90. The van der Waals surface area contributed by atoms with Crippen molar-refractivity contribution in [2.24, 2.45) is 0 Å². The molecule has 1 aliphatic heterocycles. The Hall–Kier alpha value is -1.42. The van der Waals surface area contributed by atoms with E-state index in [9.17, 15) is 0 Å². The highest BCUT2D eigenvalue weighted by Crippen LogP contribution is 2.33. The van der Waals surface area contributed by atoms with Crippen LogP contribution in [0.1, 0.15) is 20.8 Å². The molecule has 2 rings (SSSR count). The molecule has 1 aromatic rings. The maximum absolute atomic E-state index is 5.39. The molecule has 106 valence electrons. The third-order valence-corrected chi connectivity index (χ3v) is 3.67. The van der Waals surface area contributed by atoms with Crippen LogP contribution in [0, 0.1) is 0 Å². The highest BCUT2D eigenvalue weighted by atomic mass is 16.5. The number of nitrogens with one attached hydrogen (secondary N) is 1. The Morgan fingerprint density at radius 2 is 1.89 bits per heavy atom. The van der Waals surface area contributed by atoms with E-state index in [2.05, 4.69) is 43.1 Å². The van der Waals surface area contributed by atoms with Gasteiger partial charge in [-0.1, -0.05) is 0 Å². The van der Waals surface area contributed by atoms with E-state index in [4.69, 9.17) is 9.47 Å². The molecule has 1 heterocycles. The first kappa shape index (κ1) is 14.0.